The molecule has 8 nitrogen and oxygen atoms in total. The van der Waals surface area contributed by atoms with Crippen molar-refractivity contribution in [1.82, 2.24) is 10.4 Å². The molecule has 184 valence electrons. The summed E-state index contributed by atoms with van der Waals surface area (Å²) < 4.78 is 11.8. The second kappa shape index (κ2) is 9.40. The third-order valence-corrected chi connectivity index (χ3v) is 7.08. The van der Waals surface area contributed by atoms with Crippen LogP contribution < -0.4 is 19.8 Å². The molecule has 0 aliphatic carbocycles. The number of ether oxygens (including phenoxy) is 2. The van der Waals surface area contributed by atoms with Gasteiger partial charge in [0.25, 0.3) is 11.8 Å². The minimum atomic E-state index is -1.04. The molecule has 3 amide bonds. The van der Waals surface area contributed by atoms with Crippen LogP contribution in [0.5, 0.6) is 11.5 Å². The van der Waals surface area contributed by atoms with Crippen LogP contribution in [0.4, 0.5) is 5.69 Å². The minimum Gasteiger partial charge on any atom is -0.493 e. The first-order chi connectivity index (χ1) is 17.3. The second-order valence-electron chi connectivity index (χ2n) is 8.69. The van der Waals surface area contributed by atoms with Crippen LogP contribution in [0, 0.1) is 12.8 Å². The van der Waals surface area contributed by atoms with E-state index in [1.807, 2.05) is 25.1 Å². The predicted octanol–water partition coefficient (Wildman–Crippen LogP) is 4.03. The van der Waals surface area contributed by atoms with Crippen LogP contribution in [-0.2, 0) is 9.59 Å². The summed E-state index contributed by atoms with van der Waals surface area (Å²) in [6.07, 6.45) is 0. The summed E-state index contributed by atoms with van der Waals surface area (Å²) in [7, 11) is 3.04. The van der Waals surface area contributed by atoms with Gasteiger partial charge in [-0.1, -0.05) is 51.8 Å². The largest absolute Gasteiger partial charge is 0.493 e. The van der Waals surface area contributed by atoms with Gasteiger partial charge in [-0.2, -0.15) is 0 Å². The van der Waals surface area contributed by atoms with Gasteiger partial charge in [0.2, 0.25) is 5.91 Å². The number of methoxy groups -OCH3 is 2. The van der Waals surface area contributed by atoms with Crippen molar-refractivity contribution in [3.63, 3.8) is 0 Å². The molecule has 3 atom stereocenters. The van der Waals surface area contributed by atoms with E-state index in [1.54, 1.807) is 48.5 Å². The molecule has 0 bridgehead atoms. The lowest BCUT2D eigenvalue weighted by molar-refractivity contribution is -0.123. The molecule has 0 aromatic heterocycles. The number of benzene rings is 3. The number of para-hydroxylation sites is 1. The van der Waals surface area contributed by atoms with E-state index in [0.717, 1.165) is 10.0 Å². The first-order valence-electron chi connectivity index (χ1n) is 11.4. The van der Waals surface area contributed by atoms with Gasteiger partial charge in [0.15, 0.2) is 11.5 Å². The Morgan fingerprint density at radius 1 is 0.944 bits per heavy atom. The Hall–Kier alpha value is -3.69. The summed E-state index contributed by atoms with van der Waals surface area (Å²) in [5.41, 5.74) is 5.62. The molecule has 2 aliphatic rings. The van der Waals surface area contributed by atoms with E-state index in [-0.39, 0.29) is 5.91 Å². The summed E-state index contributed by atoms with van der Waals surface area (Å²) in [6, 6.07) is 17.7. The summed E-state index contributed by atoms with van der Waals surface area (Å²) in [5, 5.41) is 1.28. The number of amides is 3. The molecular formula is C27H24BrN3O5. The predicted molar refractivity (Wildman–Crippen MR) is 137 cm³/mol. The second-order valence-corrected chi connectivity index (χ2v) is 9.61. The van der Waals surface area contributed by atoms with Gasteiger partial charge in [-0.05, 0) is 43.3 Å². The topological polar surface area (TPSA) is 88.2 Å². The number of carbonyl (C=O) groups excluding carboxylic acids is 3. The SMILES string of the molecule is COc1cccc([C@@H]2NN(C(=O)c3cccc(Br)c3)[C@H]3C(=O)N(c4ccc(C)cc4)C(=O)[C@H]23)c1OC. The van der Waals surface area contributed by atoms with E-state index >= 15 is 0 Å². The van der Waals surface area contributed by atoms with E-state index in [4.69, 9.17) is 9.47 Å². The Morgan fingerprint density at radius 3 is 2.33 bits per heavy atom. The van der Waals surface area contributed by atoms with Gasteiger partial charge in [0, 0.05) is 15.6 Å². The molecule has 0 radical (unpaired) electrons. The number of nitrogens with zero attached hydrogens (tertiary/aromatic N) is 2. The van der Waals surface area contributed by atoms with E-state index < -0.39 is 29.8 Å². The first kappa shape index (κ1) is 24.0. The number of hydrogen-bond acceptors (Lipinski definition) is 6. The maximum absolute atomic E-state index is 13.8. The zero-order valence-electron chi connectivity index (χ0n) is 19.9. The van der Waals surface area contributed by atoms with Crippen molar-refractivity contribution in [2.75, 3.05) is 19.1 Å². The third-order valence-electron chi connectivity index (χ3n) is 6.59. The maximum Gasteiger partial charge on any atom is 0.268 e. The van der Waals surface area contributed by atoms with Crippen molar-refractivity contribution in [2.24, 2.45) is 5.92 Å². The quantitative estimate of drug-likeness (QED) is 0.483. The van der Waals surface area contributed by atoms with Crippen LogP contribution in [-0.4, -0.2) is 43.0 Å². The maximum atomic E-state index is 13.8. The molecular weight excluding hydrogens is 526 g/mol. The zero-order valence-corrected chi connectivity index (χ0v) is 21.5. The summed E-state index contributed by atoms with van der Waals surface area (Å²) >= 11 is 3.40. The standard InChI is InChI=1S/C27H24BrN3O5/c1-15-10-12-18(13-11-15)30-26(33)21-22(19-8-5-9-20(35-2)24(19)36-3)29-31(23(21)27(30)34)25(32)16-6-4-7-17(28)14-16/h4-14,21-23,29H,1-3H3/t21-,22+,23-/m1/s1. The Morgan fingerprint density at radius 2 is 1.67 bits per heavy atom. The number of imide groups is 1. The molecule has 0 spiro atoms. The fraction of sp³-hybridized carbons (Fsp3) is 0.222. The molecule has 9 heteroatoms. The average Bonchev–Trinajstić information content (AvgIpc) is 3.40. The number of aryl methyl sites for hydroxylation is 1. The van der Waals surface area contributed by atoms with Crippen molar-refractivity contribution >= 4 is 39.3 Å². The Bertz CT molecular complexity index is 1360. The lowest BCUT2D eigenvalue weighted by atomic mass is 9.90. The van der Waals surface area contributed by atoms with E-state index in [0.29, 0.717) is 28.3 Å². The summed E-state index contributed by atoms with van der Waals surface area (Å²) in [5.74, 6) is -1.22. The Labute approximate surface area is 216 Å². The van der Waals surface area contributed by atoms with Crippen molar-refractivity contribution in [3.8, 4) is 11.5 Å². The van der Waals surface area contributed by atoms with Crippen LogP contribution in [0.3, 0.4) is 0 Å². The normalized spacial score (nSPS) is 21.1. The number of hydrazine groups is 1. The number of hydrogen-bond donors (Lipinski definition) is 1. The fourth-order valence-corrected chi connectivity index (χ4v) is 5.30. The molecule has 2 fully saturated rings. The smallest absolute Gasteiger partial charge is 0.268 e. The van der Waals surface area contributed by atoms with Crippen molar-refractivity contribution < 1.29 is 23.9 Å². The highest BCUT2D eigenvalue weighted by molar-refractivity contribution is 9.10. The van der Waals surface area contributed by atoms with Crippen molar-refractivity contribution in [1.29, 1.82) is 0 Å². The molecule has 3 aromatic rings. The van der Waals surface area contributed by atoms with Gasteiger partial charge >= 0.3 is 0 Å². The Balaban J connectivity index is 1.63. The number of halogens is 1. The van der Waals surface area contributed by atoms with E-state index in [2.05, 4.69) is 21.4 Å². The van der Waals surface area contributed by atoms with Crippen LogP contribution in [0.25, 0.3) is 0 Å². The molecule has 2 saturated heterocycles. The minimum absolute atomic E-state index is 0.378. The van der Waals surface area contributed by atoms with Crippen molar-refractivity contribution in [2.45, 2.75) is 19.0 Å². The molecule has 1 N–H and O–H groups in total. The number of rotatable bonds is 5. The lowest BCUT2D eigenvalue weighted by Crippen LogP contribution is -2.48. The van der Waals surface area contributed by atoms with Gasteiger partial charge in [0.1, 0.15) is 6.04 Å². The van der Waals surface area contributed by atoms with E-state index in [1.165, 1.54) is 24.1 Å². The fourth-order valence-electron chi connectivity index (χ4n) is 4.90. The van der Waals surface area contributed by atoms with Gasteiger partial charge in [-0.3, -0.25) is 19.4 Å². The van der Waals surface area contributed by atoms with Gasteiger partial charge in [-0.25, -0.2) is 10.3 Å². The highest BCUT2D eigenvalue weighted by atomic mass is 79.9. The molecule has 2 aliphatic heterocycles. The van der Waals surface area contributed by atoms with E-state index in [9.17, 15) is 14.4 Å². The molecule has 0 saturated carbocycles. The van der Waals surface area contributed by atoms with Crippen LogP contribution in [0.15, 0.2) is 71.2 Å². The van der Waals surface area contributed by atoms with Crippen LogP contribution in [0.1, 0.15) is 27.5 Å². The number of carbonyl (C=O) groups is 3. The van der Waals surface area contributed by atoms with Crippen LogP contribution >= 0.6 is 15.9 Å². The highest BCUT2D eigenvalue weighted by Crippen LogP contribution is 2.46. The molecule has 0 unspecified atom stereocenters. The molecule has 5 rings (SSSR count). The number of anilines is 1. The Kier molecular flexibility index (Phi) is 6.27. The molecule has 2 heterocycles. The zero-order chi connectivity index (χ0) is 25.6. The number of fused-ring (bicyclic) bond motifs is 1. The lowest BCUT2D eigenvalue weighted by Gasteiger charge is -2.26. The molecule has 36 heavy (non-hydrogen) atoms. The highest BCUT2D eigenvalue weighted by Gasteiger charge is 2.61. The van der Waals surface area contributed by atoms with Gasteiger partial charge in [0.05, 0.1) is 31.9 Å². The monoisotopic (exact) mass is 549 g/mol. The van der Waals surface area contributed by atoms with Gasteiger partial charge in [-0.15, -0.1) is 0 Å². The van der Waals surface area contributed by atoms with Crippen LogP contribution in [0.2, 0.25) is 0 Å². The van der Waals surface area contributed by atoms with Gasteiger partial charge < -0.3 is 9.47 Å². The number of nitrogens with one attached hydrogen (secondary N) is 1. The first-order valence-corrected chi connectivity index (χ1v) is 12.2. The van der Waals surface area contributed by atoms with Crippen molar-refractivity contribution in [3.05, 3.63) is 87.9 Å². The summed E-state index contributed by atoms with van der Waals surface area (Å²) in [4.78, 5) is 42.4. The third kappa shape index (κ3) is 3.84. The molecule has 3 aromatic carbocycles. The summed E-state index contributed by atoms with van der Waals surface area (Å²) in [6.45, 7) is 1.93. The average molecular weight is 550 g/mol.